The topological polar surface area (TPSA) is 40.5 Å². The predicted molar refractivity (Wildman–Crippen MR) is 230 cm³/mol. The largest absolute Gasteiger partial charge is 0.392 e. The highest BCUT2D eigenvalue weighted by Crippen LogP contribution is 2.50. The molecule has 52 heavy (non-hydrogen) atoms. The van der Waals surface area contributed by atoms with E-state index in [1.54, 1.807) is 0 Å². The van der Waals surface area contributed by atoms with E-state index in [0.717, 1.165) is 49.7 Å². The Hall–Kier alpha value is -3.46. The Balaban J connectivity index is 1.94. The van der Waals surface area contributed by atoms with Crippen LogP contribution in [0.15, 0.2) is 155 Å². The molecule has 0 aromatic heterocycles. The Kier molecular flexibility index (Phi) is 18.8. The maximum Gasteiger partial charge on any atom is 0.0639 e. The molecule has 0 aliphatic heterocycles. The molecule has 0 unspecified atom stereocenters. The molecule has 2 aliphatic carbocycles. The normalized spacial score (nSPS) is 26.0. The number of aliphatic hydroxyl groups excluding tert-OH is 2. The molecule has 2 N–H and O–H groups in total. The Morgan fingerprint density at radius 3 is 1.23 bits per heavy atom. The Morgan fingerprint density at radius 1 is 0.558 bits per heavy atom. The first kappa shape index (κ1) is 44.7. The van der Waals surface area contributed by atoms with Crippen molar-refractivity contribution in [2.75, 3.05) is 13.2 Å². The fourth-order valence-corrected chi connectivity index (χ4v) is 7.60. The van der Waals surface area contributed by atoms with Crippen molar-refractivity contribution < 1.29 is 10.2 Å². The average molecular weight is 705 g/mol. The van der Waals surface area contributed by atoms with E-state index < -0.39 is 0 Å². The van der Waals surface area contributed by atoms with Crippen molar-refractivity contribution >= 4 is 0 Å². The van der Waals surface area contributed by atoms with Crippen LogP contribution in [-0.2, 0) is 0 Å². The summed E-state index contributed by atoms with van der Waals surface area (Å²) in [6, 6.07) is 0. The van der Waals surface area contributed by atoms with Gasteiger partial charge in [0.2, 0.25) is 0 Å². The zero-order chi connectivity index (χ0) is 38.9. The number of hydrogen-bond donors (Lipinski definition) is 2. The first-order chi connectivity index (χ1) is 24.5. The van der Waals surface area contributed by atoms with E-state index in [4.69, 9.17) is 0 Å². The molecule has 0 spiro atoms. The second-order valence-electron chi connectivity index (χ2n) is 16.7. The van der Waals surface area contributed by atoms with Crippen LogP contribution < -0.4 is 0 Å². The zero-order valence-corrected chi connectivity index (χ0v) is 34.5. The molecule has 2 rings (SSSR count). The highest BCUT2D eigenvalue weighted by molar-refractivity contribution is 5.33. The lowest BCUT2D eigenvalue weighted by Crippen LogP contribution is -2.36. The van der Waals surface area contributed by atoms with Gasteiger partial charge in [-0.2, -0.15) is 0 Å². The van der Waals surface area contributed by atoms with Crippen LogP contribution in [0.4, 0.5) is 0 Å². The van der Waals surface area contributed by atoms with Crippen molar-refractivity contribution in [2.45, 2.75) is 108 Å². The van der Waals surface area contributed by atoms with E-state index in [2.05, 4.69) is 166 Å². The standard InChI is InChI=1S/C50H72O2/c1-37(19-15-21-39(3)25-33-47-43(7)27-31-45(49(47,9)10)29-23-41(5)35-51)17-13-14-18-38(2)20-16-22-40(4)26-34-48-44(8)28-32-46(50(48,11)12)30-24-42(6)36-52/h13-26,33-34,45-48,51-52H,7-8,27-32,35-36H2,1-6,9-12H3/b14-13+,19-15+,20-16+,33-25+,34-26+,37-17+,38-18+,39-21+,40-22+,41-23+,42-24+/t45-,46-,47-,48+/m0/s1. The molecule has 4 atom stereocenters. The van der Waals surface area contributed by atoms with Crippen LogP contribution in [0.3, 0.4) is 0 Å². The first-order valence-corrected chi connectivity index (χ1v) is 19.5. The van der Waals surface area contributed by atoms with Gasteiger partial charge >= 0.3 is 0 Å². The van der Waals surface area contributed by atoms with Crippen LogP contribution >= 0.6 is 0 Å². The molecule has 2 fully saturated rings. The number of rotatable bonds is 16. The third kappa shape index (κ3) is 14.5. The van der Waals surface area contributed by atoms with Crippen molar-refractivity contribution in [2.24, 2.45) is 34.5 Å². The van der Waals surface area contributed by atoms with Gasteiger partial charge in [-0.05, 0) is 103 Å². The van der Waals surface area contributed by atoms with Gasteiger partial charge in [-0.1, -0.05) is 183 Å². The van der Waals surface area contributed by atoms with Crippen molar-refractivity contribution in [3.05, 3.63) is 155 Å². The van der Waals surface area contributed by atoms with Gasteiger partial charge < -0.3 is 10.2 Å². The molecular formula is C50H72O2. The SMILES string of the molecule is C=C1CC[C@H](C/C=C(\C)CO)C(C)(C)[C@@H]1/C=C/C(C)=C/C=C/C(C)=C/C=C/C=C(C)/C=C/C=C(C)/C=C/[C@H]1C(=C)CC[C@H](C/C=C(\C)CO)C1(C)C. The summed E-state index contributed by atoms with van der Waals surface area (Å²) in [5, 5.41) is 18.8. The third-order valence-electron chi connectivity index (χ3n) is 11.6. The summed E-state index contributed by atoms with van der Waals surface area (Å²) in [5.74, 6) is 1.85. The van der Waals surface area contributed by atoms with Gasteiger partial charge in [0.25, 0.3) is 0 Å². The van der Waals surface area contributed by atoms with Crippen molar-refractivity contribution in [3.63, 3.8) is 0 Å². The number of aliphatic hydroxyl groups is 2. The quantitative estimate of drug-likeness (QED) is 0.124. The number of allylic oxidation sites excluding steroid dienone is 22. The molecule has 2 saturated carbocycles. The summed E-state index contributed by atoms with van der Waals surface area (Å²) in [5.41, 5.74) is 9.85. The molecule has 0 bridgehead atoms. The van der Waals surface area contributed by atoms with E-state index in [1.807, 2.05) is 13.8 Å². The van der Waals surface area contributed by atoms with Gasteiger partial charge in [-0.25, -0.2) is 0 Å². The molecule has 0 amide bonds. The van der Waals surface area contributed by atoms with E-state index in [-0.39, 0.29) is 24.0 Å². The van der Waals surface area contributed by atoms with E-state index in [1.165, 1.54) is 33.4 Å². The van der Waals surface area contributed by atoms with E-state index in [0.29, 0.717) is 23.7 Å². The summed E-state index contributed by atoms with van der Waals surface area (Å²) in [6.07, 6.45) is 41.4. The molecule has 0 saturated heterocycles. The molecule has 0 heterocycles. The molecule has 0 aromatic rings. The Labute approximate surface area is 319 Å². The van der Waals surface area contributed by atoms with Gasteiger partial charge in [-0.15, -0.1) is 0 Å². The lowest BCUT2D eigenvalue weighted by molar-refractivity contribution is 0.127. The minimum Gasteiger partial charge on any atom is -0.392 e. The first-order valence-electron chi connectivity index (χ1n) is 19.5. The maximum atomic E-state index is 9.41. The zero-order valence-electron chi connectivity index (χ0n) is 34.5. The molecular weight excluding hydrogens is 633 g/mol. The fourth-order valence-electron chi connectivity index (χ4n) is 7.60. The van der Waals surface area contributed by atoms with Crippen molar-refractivity contribution in [1.29, 1.82) is 0 Å². The van der Waals surface area contributed by atoms with Gasteiger partial charge in [0.1, 0.15) is 0 Å². The minimum atomic E-state index is 0.127. The van der Waals surface area contributed by atoms with E-state index >= 15 is 0 Å². The van der Waals surface area contributed by atoms with Crippen LogP contribution in [0, 0.1) is 34.5 Å². The maximum absolute atomic E-state index is 9.41. The van der Waals surface area contributed by atoms with Crippen LogP contribution in [0.1, 0.15) is 108 Å². The van der Waals surface area contributed by atoms with Gasteiger partial charge in [-0.3, -0.25) is 0 Å². The Morgan fingerprint density at radius 2 is 0.885 bits per heavy atom. The third-order valence-corrected chi connectivity index (χ3v) is 11.6. The average Bonchev–Trinajstić information content (AvgIpc) is 3.08. The second kappa shape index (κ2) is 21.9. The highest BCUT2D eigenvalue weighted by atomic mass is 16.3. The van der Waals surface area contributed by atoms with Crippen LogP contribution in [0.2, 0.25) is 0 Å². The summed E-state index contributed by atoms with van der Waals surface area (Å²) in [6.45, 7) is 31.2. The van der Waals surface area contributed by atoms with Gasteiger partial charge in [0.15, 0.2) is 0 Å². The van der Waals surface area contributed by atoms with Crippen molar-refractivity contribution in [1.82, 2.24) is 0 Å². The Bertz CT molecular complexity index is 1430. The summed E-state index contributed by atoms with van der Waals surface area (Å²) in [7, 11) is 0. The van der Waals surface area contributed by atoms with Crippen molar-refractivity contribution in [3.8, 4) is 0 Å². The molecule has 0 aromatic carbocycles. The molecule has 2 heteroatoms. The smallest absolute Gasteiger partial charge is 0.0639 e. The molecule has 0 radical (unpaired) electrons. The molecule has 2 nitrogen and oxygen atoms in total. The molecule has 2 aliphatic rings. The van der Waals surface area contributed by atoms with Crippen LogP contribution in [-0.4, -0.2) is 23.4 Å². The fraction of sp³-hybridized carbons (Fsp3) is 0.480. The highest BCUT2D eigenvalue weighted by Gasteiger charge is 2.41. The number of hydrogen-bond acceptors (Lipinski definition) is 2. The summed E-state index contributed by atoms with van der Waals surface area (Å²) >= 11 is 0. The predicted octanol–water partition coefficient (Wildman–Crippen LogP) is 13.4. The minimum absolute atomic E-state index is 0.127. The molecule has 284 valence electrons. The lowest BCUT2D eigenvalue weighted by Gasteiger charge is -2.45. The second-order valence-corrected chi connectivity index (χ2v) is 16.7. The van der Waals surface area contributed by atoms with Crippen LogP contribution in [0.5, 0.6) is 0 Å². The summed E-state index contributed by atoms with van der Waals surface area (Å²) in [4.78, 5) is 0. The lowest BCUT2D eigenvalue weighted by atomic mass is 9.59. The summed E-state index contributed by atoms with van der Waals surface area (Å²) < 4.78 is 0. The van der Waals surface area contributed by atoms with Gasteiger partial charge in [0.05, 0.1) is 13.2 Å². The monoisotopic (exact) mass is 705 g/mol. The van der Waals surface area contributed by atoms with Gasteiger partial charge in [0, 0.05) is 11.8 Å². The van der Waals surface area contributed by atoms with E-state index in [9.17, 15) is 10.2 Å². The van der Waals surface area contributed by atoms with Crippen LogP contribution in [0.25, 0.3) is 0 Å².